The van der Waals surface area contributed by atoms with Gasteiger partial charge in [-0.15, -0.1) is 0 Å². The van der Waals surface area contributed by atoms with Gasteiger partial charge < -0.3 is 9.84 Å². The quantitative estimate of drug-likeness (QED) is 0.873. The van der Waals surface area contributed by atoms with E-state index in [0.717, 1.165) is 11.6 Å². The highest BCUT2D eigenvalue weighted by atomic mass is 19.3. The van der Waals surface area contributed by atoms with Crippen molar-refractivity contribution in [3.63, 3.8) is 0 Å². The Bertz CT molecular complexity index is 694. The lowest BCUT2D eigenvalue weighted by Crippen LogP contribution is -2.53. The van der Waals surface area contributed by atoms with Crippen molar-refractivity contribution in [3.8, 4) is 5.75 Å². The van der Waals surface area contributed by atoms with E-state index in [1.807, 2.05) is 20.8 Å². The predicted octanol–water partition coefficient (Wildman–Crippen LogP) is 4.60. The fourth-order valence-electron chi connectivity index (χ4n) is 2.41. The molecule has 1 atom stereocenters. The number of ether oxygens (including phenoxy) is 1. The topological polar surface area (TPSA) is 46.5 Å². The second-order valence-electron chi connectivity index (χ2n) is 7.50. The van der Waals surface area contributed by atoms with Crippen LogP contribution in [0.3, 0.4) is 0 Å². The summed E-state index contributed by atoms with van der Waals surface area (Å²) in [7, 11) is 0. The molecule has 0 aromatic heterocycles. The fraction of sp³-hybridized carbons (Fsp3) is 0.500. The van der Waals surface area contributed by atoms with Crippen LogP contribution in [0.2, 0.25) is 0 Å². The van der Waals surface area contributed by atoms with E-state index in [2.05, 4.69) is 0 Å². The monoisotopic (exact) mass is 342 g/mol. The minimum absolute atomic E-state index is 0.126. The summed E-state index contributed by atoms with van der Waals surface area (Å²) >= 11 is 0. The molecule has 1 heterocycles. The van der Waals surface area contributed by atoms with E-state index in [0.29, 0.717) is 19.4 Å². The Kier molecular flexibility index (Phi) is 4.23. The van der Waals surface area contributed by atoms with E-state index in [4.69, 9.17) is 4.74 Å². The van der Waals surface area contributed by atoms with Crippen molar-refractivity contribution in [1.29, 1.82) is 0 Å². The maximum absolute atomic E-state index is 14.5. The lowest BCUT2D eigenvalue weighted by molar-refractivity contribution is -0.173. The Morgan fingerprint density at radius 3 is 2.17 bits per heavy atom. The molecule has 24 heavy (non-hydrogen) atoms. The zero-order chi connectivity index (χ0) is 18.5. The summed E-state index contributed by atoms with van der Waals surface area (Å²) in [6.07, 6.45) is -1.07. The van der Waals surface area contributed by atoms with Crippen LogP contribution in [-0.4, -0.2) is 28.8 Å². The molecule has 0 radical (unpaired) electrons. The Balaban J connectivity index is 2.58. The van der Waals surface area contributed by atoms with Gasteiger partial charge in [-0.2, -0.15) is 8.78 Å². The van der Waals surface area contributed by atoms with Gasteiger partial charge in [0.15, 0.2) is 11.8 Å². The van der Waals surface area contributed by atoms with Crippen LogP contribution in [-0.2, 0) is 10.2 Å². The molecule has 1 aromatic carbocycles. The molecule has 1 aromatic rings. The van der Waals surface area contributed by atoms with E-state index in [1.165, 1.54) is 0 Å². The van der Waals surface area contributed by atoms with Gasteiger partial charge in [0.1, 0.15) is 5.75 Å². The smallest absolute Gasteiger partial charge is 0.335 e. The Hall–Kier alpha value is -1.98. The molecule has 1 aliphatic rings. The molecule has 0 saturated heterocycles. The van der Waals surface area contributed by atoms with Crippen molar-refractivity contribution < 1.29 is 27.8 Å². The minimum Gasteiger partial charge on any atom is -0.478 e. The highest BCUT2D eigenvalue weighted by molar-refractivity contribution is 5.95. The number of carboxylic acid groups (broad SMARTS) is 1. The normalized spacial score (nSPS) is 18.5. The highest BCUT2D eigenvalue weighted by Crippen LogP contribution is 2.44. The van der Waals surface area contributed by atoms with Gasteiger partial charge >= 0.3 is 11.9 Å². The molecule has 132 valence electrons. The van der Waals surface area contributed by atoms with Crippen LogP contribution >= 0.6 is 0 Å². The fourth-order valence-corrected chi connectivity index (χ4v) is 2.41. The molecule has 0 fully saturated rings. The van der Waals surface area contributed by atoms with Crippen molar-refractivity contribution in [2.75, 3.05) is 0 Å². The van der Waals surface area contributed by atoms with Crippen LogP contribution in [0.4, 0.5) is 13.2 Å². The van der Waals surface area contributed by atoms with Crippen molar-refractivity contribution in [2.24, 2.45) is 0 Å². The number of alkyl halides is 3. The first kappa shape index (κ1) is 18.4. The zero-order valence-corrected chi connectivity index (χ0v) is 14.3. The second kappa shape index (κ2) is 5.53. The number of aliphatic carboxylic acids is 1. The van der Waals surface area contributed by atoms with Crippen molar-refractivity contribution in [2.45, 2.75) is 57.7 Å². The van der Waals surface area contributed by atoms with E-state index in [-0.39, 0.29) is 11.2 Å². The predicted molar refractivity (Wildman–Crippen MR) is 85.3 cm³/mol. The standard InChI is InChI=1S/C18H21F3O3/c1-16(2,3)11-7-6-10-8-12(15(22)23)14(24-13(10)9-11)18(20,21)17(4,5)19/h6-9,14H,1-5H3,(H,22,23). The molecular formula is C18H21F3O3. The number of benzene rings is 1. The third kappa shape index (κ3) is 3.14. The van der Waals surface area contributed by atoms with Gasteiger partial charge in [0, 0.05) is 5.56 Å². The minimum atomic E-state index is -4.01. The molecular weight excluding hydrogens is 321 g/mol. The van der Waals surface area contributed by atoms with Gasteiger partial charge in [0.2, 0.25) is 0 Å². The zero-order valence-electron chi connectivity index (χ0n) is 14.3. The molecule has 0 bridgehead atoms. The van der Waals surface area contributed by atoms with Crippen molar-refractivity contribution in [3.05, 3.63) is 34.9 Å². The SMILES string of the molecule is CC(C)(C)c1ccc2c(c1)OC(C(F)(F)C(C)(C)F)C(C(=O)O)=C2. The largest absolute Gasteiger partial charge is 0.478 e. The Labute approximate surface area is 139 Å². The van der Waals surface area contributed by atoms with Gasteiger partial charge in [-0.1, -0.05) is 32.9 Å². The van der Waals surface area contributed by atoms with Crippen molar-refractivity contribution >= 4 is 12.0 Å². The van der Waals surface area contributed by atoms with Crippen LogP contribution in [0.1, 0.15) is 45.7 Å². The molecule has 0 amide bonds. The summed E-state index contributed by atoms with van der Waals surface area (Å²) in [5.74, 6) is -5.44. The van der Waals surface area contributed by atoms with E-state index >= 15 is 0 Å². The molecule has 2 rings (SSSR count). The molecule has 6 heteroatoms. The van der Waals surface area contributed by atoms with Gasteiger partial charge in [-0.3, -0.25) is 0 Å². The first-order valence-electron chi connectivity index (χ1n) is 7.58. The maximum Gasteiger partial charge on any atom is 0.335 e. The van der Waals surface area contributed by atoms with E-state index < -0.39 is 29.2 Å². The van der Waals surface area contributed by atoms with Crippen molar-refractivity contribution in [1.82, 2.24) is 0 Å². The summed E-state index contributed by atoms with van der Waals surface area (Å²) in [5, 5.41) is 9.24. The summed E-state index contributed by atoms with van der Waals surface area (Å²) in [4.78, 5) is 11.4. The van der Waals surface area contributed by atoms with Gasteiger partial charge in [-0.05, 0) is 37.0 Å². The van der Waals surface area contributed by atoms with E-state index in [9.17, 15) is 23.1 Å². The highest BCUT2D eigenvalue weighted by Gasteiger charge is 2.58. The average molecular weight is 342 g/mol. The average Bonchev–Trinajstić information content (AvgIpc) is 2.42. The lowest BCUT2D eigenvalue weighted by atomic mass is 9.85. The molecule has 1 aliphatic heterocycles. The number of hydrogen-bond donors (Lipinski definition) is 1. The maximum atomic E-state index is 14.5. The van der Waals surface area contributed by atoms with Gasteiger partial charge in [0.05, 0.1) is 5.57 Å². The van der Waals surface area contributed by atoms with Crippen LogP contribution in [0.25, 0.3) is 6.08 Å². The summed E-state index contributed by atoms with van der Waals surface area (Å²) in [5.41, 5.74) is -2.63. The molecule has 1 N–H and O–H groups in total. The van der Waals surface area contributed by atoms with E-state index in [1.54, 1.807) is 18.2 Å². The van der Waals surface area contributed by atoms with Crippen LogP contribution in [0, 0.1) is 0 Å². The first-order valence-corrected chi connectivity index (χ1v) is 7.58. The third-order valence-corrected chi connectivity index (χ3v) is 4.09. The molecule has 3 nitrogen and oxygen atoms in total. The summed E-state index contributed by atoms with van der Waals surface area (Å²) < 4.78 is 48.2. The number of halogens is 3. The first-order chi connectivity index (χ1) is 10.7. The Morgan fingerprint density at radius 1 is 1.12 bits per heavy atom. The lowest BCUT2D eigenvalue weighted by Gasteiger charge is -2.36. The second-order valence-corrected chi connectivity index (χ2v) is 7.50. The Morgan fingerprint density at radius 2 is 1.71 bits per heavy atom. The van der Waals surface area contributed by atoms with Crippen LogP contribution in [0.15, 0.2) is 23.8 Å². The number of rotatable bonds is 3. The number of fused-ring (bicyclic) bond motifs is 1. The third-order valence-electron chi connectivity index (χ3n) is 4.09. The number of hydrogen-bond acceptors (Lipinski definition) is 2. The molecule has 1 unspecified atom stereocenters. The van der Waals surface area contributed by atoms with Gasteiger partial charge in [-0.25, -0.2) is 9.18 Å². The molecule has 0 aliphatic carbocycles. The van der Waals surface area contributed by atoms with Gasteiger partial charge in [0.25, 0.3) is 0 Å². The molecule has 0 spiro atoms. The van der Waals surface area contributed by atoms with Crippen LogP contribution in [0.5, 0.6) is 5.75 Å². The summed E-state index contributed by atoms with van der Waals surface area (Å²) in [6.45, 7) is 7.26. The van der Waals surface area contributed by atoms with Crippen LogP contribution < -0.4 is 4.74 Å². The number of carbonyl (C=O) groups is 1. The molecule has 0 saturated carbocycles. The summed E-state index contributed by atoms with van der Waals surface area (Å²) in [6, 6.07) is 5.00. The number of carboxylic acids is 1.